The maximum Gasteiger partial charge on any atom is 0.422 e. The van der Waals surface area contributed by atoms with Gasteiger partial charge in [0.05, 0.1) is 6.10 Å². The first-order valence-electron chi connectivity index (χ1n) is 7.78. The highest BCUT2D eigenvalue weighted by Crippen LogP contribution is 2.27. The van der Waals surface area contributed by atoms with Gasteiger partial charge in [-0.1, -0.05) is 12.5 Å². The lowest BCUT2D eigenvalue weighted by Crippen LogP contribution is -2.35. The van der Waals surface area contributed by atoms with Crippen LogP contribution in [0.25, 0.3) is 0 Å². The zero-order valence-corrected chi connectivity index (χ0v) is 13.3. The molecule has 0 radical (unpaired) electrons. The van der Waals surface area contributed by atoms with Crippen molar-refractivity contribution in [2.24, 2.45) is 5.92 Å². The van der Waals surface area contributed by atoms with Crippen LogP contribution in [0, 0.1) is 12.8 Å². The first-order valence-corrected chi connectivity index (χ1v) is 7.78. The van der Waals surface area contributed by atoms with Crippen LogP contribution < -0.4 is 15.4 Å². The molecule has 0 aromatic heterocycles. The van der Waals surface area contributed by atoms with E-state index in [-0.39, 0.29) is 11.7 Å². The van der Waals surface area contributed by atoms with Crippen LogP contribution in [-0.2, 0) is 0 Å². The fraction of sp³-hybridized carbons (Fsp3) is 0.562. The number of ether oxygens (including phenoxy) is 1. The molecule has 8 heteroatoms. The molecule has 0 spiro atoms. The number of benzene rings is 1. The van der Waals surface area contributed by atoms with Gasteiger partial charge in [-0.2, -0.15) is 13.2 Å². The van der Waals surface area contributed by atoms with E-state index in [2.05, 4.69) is 10.6 Å². The molecule has 0 heterocycles. The van der Waals surface area contributed by atoms with Crippen LogP contribution in [-0.4, -0.2) is 36.6 Å². The summed E-state index contributed by atoms with van der Waals surface area (Å²) in [4.78, 5) is 11.9. The molecule has 0 unspecified atom stereocenters. The number of aliphatic hydroxyl groups excluding tert-OH is 1. The molecular formula is C16H21F3N2O3. The molecule has 1 aliphatic carbocycles. The third-order valence-corrected chi connectivity index (χ3v) is 4.07. The fourth-order valence-corrected chi connectivity index (χ4v) is 2.71. The summed E-state index contributed by atoms with van der Waals surface area (Å²) >= 11 is 0. The number of urea groups is 1. The van der Waals surface area contributed by atoms with Gasteiger partial charge in [0, 0.05) is 23.7 Å². The van der Waals surface area contributed by atoms with Gasteiger partial charge in [0.1, 0.15) is 5.75 Å². The van der Waals surface area contributed by atoms with Gasteiger partial charge in [-0.15, -0.1) is 0 Å². The summed E-state index contributed by atoms with van der Waals surface area (Å²) in [5, 5.41) is 15.0. The molecule has 0 bridgehead atoms. The van der Waals surface area contributed by atoms with Gasteiger partial charge in [0.15, 0.2) is 6.61 Å². The van der Waals surface area contributed by atoms with Crippen LogP contribution in [0.15, 0.2) is 18.2 Å². The van der Waals surface area contributed by atoms with E-state index >= 15 is 0 Å². The van der Waals surface area contributed by atoms with Gasteiger partial charge < -0.3 is 20.5 Å². The van der Waals surface area contributed by atoms with E-state index < -0.39 is 24.9 Å². The SMILES string of the molecule is Cc1c(NC(=O)NC[C@H]2CCC[C@@H]2O)cccc1OCC(F)(F)F. The van der Waals surface area contributed by atoms with Crippen molar-refractivity contribution in [1.29, 1.82) is 0 Å². The number of anilines is 1. The minimum atomic E-state index is -4.42. The lowest BCUT2D eigenvalue weighted by Gasteiger charge is -2.17. The summed E-state index contributed by atoms with van der Waals surface area (Å²) in [5.41, 5.74) is 0.789. The molecular weight excluding hydrogens is 325 g/mol. The topological polar surface area (TPSA) is 70.6 Å². The monoisotopic (exact) mass is 346 g/mol. The van der Waals surface area contributed by atoms with E-state index in [1.807, 2.05) is 0 Å². The standard InChI is InChI=1S/C16H21F3N2O3/c1-10-12(5-3-7-14(10)24-9-16(17,18)19)21-15(23)20-8-11-4-2-6-13(11)22/h3,5,7,11,13,22H,2,4,6,8-9H2,1H3,(H2,20,21,23)/t11-,13+/m1/s1. The summed E-state index contributed by atoms with van der Waals surface area (Å²) in [6, 6.07) is 4.04. The van der Waals surface area contributed by atoms with Gasteiger partial charge in [-0.05, 0) is 31.9 Å². The van der Waals surface area contributed by atoms with Crippen LogP contribution >= 0.6 is 0 Å². The van der Waals surface area contributed by atoms with Crippen molar-refractivity contribution in [3.05, 3.63) is 23.8 Å². The van der Waals surface area contributed by atoms with E-state index in [0.717, 1.165) is 19.3 Å². The van der Waals surface area contributed by atoms with Gasteiger partial charge in [-0.3, -0.25) is 0 Å². The Morgan fingerprint density at radius 2 is 2.12 bits per heavy atom. The number of aliphatic hydroxyl groups is 1. The molecule has 5 nitrogen and oxygen atoms in total. The van der Waals surface area contributed by atoms with Crippen molar-refractivity contribution in [3.8, 4) is 5.75 Å². The van der Waals surface area contributed by atoms with E-state index in [1.54, 1.807) is 13.0 Å². The maximum absolute atomic E-state index is 12.2. The van der Waals surface area contributed by atoms with Crippen molar-refractivity contribution in [2.75, 3.05) is 18.5 Å². The lowest BCUT2D eigenvalue weighted by molar-refractivity contribution is -0.153. The molecule has 1 aromatic carbocycles. The zero-order chi connectivity index (χ0) is 17.7. The summed E-state index contributed by atoms with van der Waals surface area (Å²) in [7, 11) is 0. The predicted octanol–water partition coefficient (Wildman–Crippen LogP) is 3.22. The highest BCUT2D eigenvalue weighted by molar-refractivity contribution is 5.90. The number of amides is 2. The van der Waals surface area contributed by atoms with E-state index in [9.17, 15) is 23.1 Å². The minimum Gasteiger partial charge on any atom is -0.484 e. The number of hydrogen-bond donors (Lipinski definition) is 3. The number of carbonyl (C=O) groups excluding carboxylic acids is 1. The number of nitrogens with one attached hydrogen (secondary N) is 2. The summed E-state index contributed by atoms with van der Waals surface area (Å²) < 4.78 is 41.5. The van der Waals surface area contributed by atoms with Crippen molar-refractivity contribution in [1.82, 2.24) is 5.32 Å². The number of hydrogen-bond acceptors (Lipinski definition) is 3. The van der Waals surface area contributed by atoms with Gasteiger partial charge in [0.2, 0.25) is 0 Å². The summed E-state index contributed by atoms with van der Waals surface area (Å²) in [6.45, 7) is 0.543. The quantitative estimate of drug-likeness (QED) is 0.767. The average Bonchev–Trinajstić information content (AvgIpc) is 2.90. The van der Waals surface area contributed by atoms with Crippen LogP contribution in [0.3, 0.4) is 0 Å². The zero-order valence-electron chi connectivity index (χ0n) is 13.3. The number of rotatable bonds is 5. The highest BCUT2D eigenvalue weighted by Gasteiger charge is 2.29. The van der Waals surface area contributed by atoms with Crippen molar-refractivity contribution >= 4 is 11.7 Å². The Hall–Kier alpha value is -1.96. The van der Waals surface area contributed by atoms with E-state index in [4.69, 9.17) is 4.74 Å². The Morgan fingerprint density at radius 3 is 2.75 bits per heavy atom. The molecule has 3 N–H and O–H groups in total. The molecule has 1 aliphatic rings. The molecule has 2 rings (SSSR count). The normalized spacial score (nSPS) is 20.7. The Labute approximate surface area is 138 Å². The van der Waals surface area contributed by atoms with Crippen LogP contribution in [0.5, 0.6) is 5.75 Å². The van der Waals surface area contributed by atoms with Crippen LogP contribution in [0.1, 0.15) is 24.8 Å². The number of halogens is 3. The molecule has 2 atom stereocenters. The van der Waals surface area contributed by atoms with Crippen LogP contribution in [0.2, 0.25) is 0 Å². The minimum absolute atomic E-state index is 0.0401. The largest absolute Gasteiger partial charge is 0.484 e. The molecule has 134 valence electrons. The van der Waals surface area contributed by atoms with Crippen molar-refractivity contribution < 1.29 is 27.8 Å². The fourth-order valence-electron chi connectivity index (χ4n) is 2.71. The maximum atomic E-state index is 12.2. The second kappa shape index (κ2) is 7.74. The third kappa shape index (κ3) is 5.30. The van der Waals surface area contributed by atoms with E-state index in [1.165, 1.54) is 12.1 Å². The lowest BCUT2D eigenvalue weighted by atomic mass is 10.1. The average molecular weight is 346 g/mol. The Bertz CT molecular complexity index is 578. The third-order valence-electron chi connectivity index (χ3n) is 4.07. The first-order chi connectivity index (χ1) is 11.3. The Morgan fingerprint density at radius 1 is 1.38 bits per heavy atom. The molecule has 2 amide bonds. The van der Waals surface area contributed by atoms with Crippen molar-refractivity contribution in [3.63, 3.8) is 0 Å². The molecule has 1 saturated carbocycles. The second-order valence-electron chi connectivity index (χ2n) is 5.93. The summed E-state index contributed by atoms with van der Waals surface area (Å²) in [6.07, 6.45) is -2.28. The molecule has 0 aliphatic heterocycles. The van der Waals surface area contributed by atoms with Gasteiger partial charge in [0.25, 0.3) is 0 Å². The Kier molecular flexibility index (Phi) is 5.93. The van der Waals surface area contributed by atoms with Gasteiger partial charge >= 0.3 is 12.2 Å². The Balaban J connectivity index is 1.90. The highest BCUT2D eigenvalue weighted by atomic mass is 19.4. The number of alkyl halides is 3. The second-order valence-corrected chi connectivity index (χ2v) is 5.93. The molecule has 24 heavy (non-hydrogen) atoms. The van der Waals surface area contributed by atoms with Crippen LogP contribution in [0.4, 0.5) is 23.7 Å². The number of carbonyl (C=O) groups is 1. The van der Waals surface area contributed by atoms with Gasteiger partial charge in [-0.25, -0.2) is 4.79 Å². The molecule has 1 aromatic rings. The predicted molar refractivity (Wildman–Crippen MR) is 83.1 cm³/mol. The smallest absolute Gasteiger partial charge is 0.422 e. The summed E-state index contributed by atoms with van der Waals surface area (Å²) in [5.74, 6) is 0.106. The first kappa shape index (κ1) is 18.4. The molecule has 0 saturated heterocycles. The van der Waals surface area contributed by atoms with Crippen molar-refractivity contribution in [2.45, 2.75) is 38.5 Å². The van der Waals surface area contributed by atoms with E-state index in [0.29, 0.717) is 17.8 Å². The molecule has 1 fully saturated rings.